The summed E-state index contributed by atoms with van der Waals surface area (Å²) in [7, 11) is -4.17. The van der Waals surface area contributed by atoms with Gasteiger partial charge in [0, 0.05) is 24.0 Å². The first-order chi connectivity index (χ1) is 22.5. The van der Waals surface area contributed by atoms with Crippen LogP contribution in [0, 0.1) is 20.8 Å². The smallest absolute Gasteiger partial charge is 0.264 e. The second-order valence-corrected chi connectivity index (χ2v) is 14.8. The molecule has 1 aliphatic carbocycles. The number of carbonyl (C=O) groups is 2. The maximum Gasteiger partial charge on any atom is 0.264 e. The molecule has 1 saturated carbocycles. The number of nitrogens with one attached hydrogen (secondary N) is 1. The van der Waals surface area contributed by atoms with Crippen LogP contribution < -0.4 is 9.62 Å². The van der Waals surface area contributed by atoms with Crippen molar-refractivity contribution < 1.29 is 18.0 Å². The molecule has 1 atom stereocenters. The largest absolute Gasteiger partial charge is 0.352 e. The van der Waals surface area contributed by atoms with Crippen molar-refractivity contribution in [3.8, 4) is 0 Å². The summed E-state index contributed by atoms with van der Waals surface area (Å²) < 4.78 is 29.8. The topological polar surface area (TPSA) is 86.8 Å². The van der Waals surface area contributed by atoms with Gasteiger partial charge in [-0.25, -0.2) is 8.42 Å². The minimum absolute atomic E-state index is 0.0435. The zero-order chi connectivity index (χ0) is 33.6. The minimum Gasteiger partial charge on any atom is -0.352 e. The third-order valence-corrected chi connectivity index (χ3v) is 10.7. The lowest BCUT2D eigenvalue weighted by atomic mass is 10.0. The van der Waals surface area contributed by atoms with Crippen molar-refractivity contribution in [2.45, 2.75) is 76.4 Å². The first-order valence-electron chi connectivity index (χ1n) is 16.1. The summed E-state index contributed by atoms with van der Waals surface area (Å²) >= 11 is 6.19. The van der Waals surface area contributed by atoms with Crippen molar-refractivity contribution in [3.05, 3.63) is 130 Å². The van der Waals surface area contributed by atoms with E-state index in [2.05, 4.69) is 5.32 Å². The van der Waals surface area contributed by atoms with Crippen molar-refractivity contribution in [1.29, 1.82) is 0 Å². The van der Waals surface area contributed by atoms with Crippen molar-refractivity contribution in [2.24, 2.45) is 0 Å². The Kier molecular flexibility index (Phi) is 11.0. The molecule has 4 aromatic rings. The molecule has 5 rings (SSSR count). The fourth-order valence-electron chi connectivity index (χ4n) is 6.17. The molecular formula is C38H42ClN3O4S. The first-order valence-corrected chi connectivity index (χ1v) is 17.9. The molecule has 0 unspecified atom stereocenters. The molecule has 0 saturated heterocycles. The second-order valence-electron chi connectivity index (χ2n) is 12.5. The number of hydrogen-bond donors (Lipinski definition) is 1. The van der Waals surface area contributed by atoms with E-state index >= 15 is 0 Å². The lowest BCUT2D eigenvalue weighted by Gasteiger charge is -2.34. The maximum absolute atomic E-state index is 14.7. The number of halogens is 1. The number of aryl methyl sites for hydroxylation is 3. The highest BCUT2D eigenvalue weighted by Crippen LogP contribution is 2.28. The number of amides is 2. The zero-order valence-electron chi connectivity index (χ0n) is 27.2. The van der Waals surface area contributed by atoms with Crippen LogP contribution in [0.1, 0.15) is 53.5 Å². The SMILES string of the molecule is Cc1ccc(S(=O)(=O)N(CC(=O)N(Cc2ccc(Cl)cc2)[C@H](Cc2ccccc2)C(=O)NC2CCCC2)c2cc(C)cc(C)c2)cc1. The quantitative estimate of drug-likeness (QED) is 0.173. The van der Waals surface area contributed by atoms with Gasteiger partial charge in [-0.05, 0) is 92.3 Å². The molecule has 1 N–H and O–H groups in total. The molecule has 0 heterocycles. The fourth-order valence-corrected chi connectivity index (χ4v) is 7.69. The summed E-state index contributed by atoms with van der Waals surface area (Å²) in [6.07, 6.45) is 4.15. The standard InChI is InChI=1S/C38H42ClN3O4S/c1-27-13-19-35(20-14-27)47(45,46)42(34-22-28(2)21-29(3)23-34)26-37(43)41(25-31-15-17-32(39)18-16-31)36(24-30-9-5-4-6-10-30)38(44)40-33-11-7-8-12-33/h4-6,9-10,13-23,33,36H,7-8,11-12,24-26H2,1-3H3,(H,40,44)/t36-/m1/s1. The molecule has 2 amide bonds. The number of sulfonamides is 1. The summed E-state index contributed by atoms with van der Waals surface area (Å²) in [6.45, 7) is 5.28. The third kappa shape index (κ3) is 8.82. The number of nitrogens with zero attached hydrogens (tertiary/aromatic N) is 2. The van der Waals surface area contributed by atoms with Gasteiger partial charge in [0.25, 0.3) is 10.0 Å². The third-order valence-electron chi connectivity index (χ3n) is 8.62. The average Bonchev–Trinajstić information content (AvgIpc) is 3.55. The normalized spacial score (nSPS) is 14.0. The lowest BCUT2D eigenvalue weighted by Crippen LogP contribution is -2.54. The summed E-state index contributed by atoms with van der Waals surface area (Å²) in [5, 5.41) is 3.76. The summed E-state index contributed by atoms with van der Waals surface area (Å²) in [6, 6.07) is 28.0. The van der Waals surface area contributed by atoms with Crippen LogP contribution in [0.3, 0.4) is 0 Å². The van der Waals surface area contributed by atoms with Gasteiger partial charge in [-0.3, -0.25) is 13.9 Å². The van der Waals surface area contributed by atoms with Crippen LogP contribution >= 0.6 is 11.6 Å². The van der Waals surface area contributed by atoms with E-state index in [0.29, 0.717) is 10.7 Å². The van der Waals surface area contributed by atoms with Crippen LogP contribution in [0.4, 0.5) is 5.69 Å². The van der Waals surface area contributed by atoms with Gasteiger partial charge in [-0.2, -0.15) is 0 Å². The Morgan fingerprint density at radius 2 is 1.43 bits per heavy atom. The Labute approximate surface area is 283 Å². The molecule has 246 valence electrons. The Morgan fingerprint density at radius 1 is 0.809 bits per heavy atom. The van der Waals surface area contributed by atoms with Crippen molar-refractivity contribution in [1.82, 2.24) is 10.2 Å². The highest BCUT2D eigenvalue weighted by atomic mass is 35.5. The molecule has 7 nitrogen and oxygen atoms in total. The number of carbonyl (C=O) groups excluding carboxylic acids is 2. The molecule has 1 fully saturated rings. The Morgan fingerprint density at radius 3 is 2.04 bits per heavy atom. The molecule has 4 aromatic carbocycles. The van der Waals surface area contributed by atoms with Gasteiger partial charge in [0.05, 0.1) is 10.6 Å². The average molecular weight is 672 g/mol. The molecule has 9 heteroatoms. The van der Waals surface area contributed by atoms with E-state index in [9.17, 15) is 18.0 Å². The van der Waals surface area contributed by atoms with Crippen LogP contribution in [0.5, 0.6) is 0 Å². The van der Waals surface area contributed by atoms with E-state index in [4.69, 9.17) is 11.6 Å². The Hall–Kier alpha value is -4.14. The monoisotopic (exact) mass is 671 g/mol. The molecular weight excluding hydrogens is 630 g/mol. The van der Waals surface area contributed by atoms with Crippen molar-refractivity contribution >= 4 is 39.1 Å². The highest BCUT2D eigenvalue weighted by Gasteiger charge is 2.35. The Balaban J connectivity index is 1.58. The summed E-state index contributed by atoms with van der Waals surface area (Å²) in [5.74, 6) is -0.736. The van der Waals surface area contributed by atoms with E-state index in [1.165, 1.54) is 9.21 Å². The number of rotatable bonds is 12. The van der Waals surface area contributed by atoms with Crippen LogP contribution in [-0.4, -0.2) is 43.8 Å². The molecule has 1 aliphatic rings. The maximum atomic E-state index is 14.7. The van der Waals surface area contributed by atoms with E-state index in [1.807, 2.05) is 69.3 Å². The van der Waals surface area contributed by atoms with Gasteiger partial charge in [-0.1, -0.05) is 90.7 Å². The van der Waals surface area contributed by atoms with Gasteiger partial charge < -0.3 is 10.2 Å². The van der Waals surface area contributed by atoms with E-state index in [-0.39, 0.29) is 29.8 Å². The van der Waals surface area contributed by atoms with Gasteiger partial charge >= 0.3 is 0 Å². The van der Waals surface area contributed by atoms with Gasteiger partial charge in [0.2, 0.25) is 11.8 Å². The van der Waals surface area contributed by atoms with E-state index in [0.717, 1.165) is 53.5 Å². The van der Waals surface area contributed by atoms with E-state index in [1.54, 1.807) is 48.5 Å². The molecule has 0 aromatic heterocycles. The molecule has 0 spiro atoms. The number of benzene rings is 4. The minimum atomic E-state index is -4.17. The second kappa shape index (κ2) is 15.2. The highest BCUT2D eigenvalue weighted by molar-refractivity contribution is 7.92. The first kappa shape index (κ1) is 34.2. The Bertz CT molecular complexity index is 1770. The molecule has 0 bridgehead atoms. The lowest BCUT2D eigenvalue weighted by molar-refractivity contribution is -0.140. The van der Waals surface area contributed by atoms with Crippen LogP contribution in [0.2, 0.25) is 5.02 Å². The zero-order valence-corrected chi connectivity index (χ0v) is 28.7. The predicted octanol–water partition coefficient (Wildman–Crippen LogP) is 7.16. The van der Waals surface area contributed by atoms with Crippen molar-refractivity contribution in [2.75, 3.05) is 10.8 Å². The fraction of sp³-hybridized carbons (Fsp3) is 0.316. The number of hydrogen-bond acceptors (Lipinski definition) is 4. The van der Waals surface area contributed by atoms with Crippen LogP contribution in [-0.2, 0) is 32.6 Å². The number of anilines is 1. The summed E-state index contributed by atoms with van der Waals surface area (Å²) in [4.78, 5) is 30.4. The van der Waals surface area contributed by atoms with Crippen molar-refractivity contribution in [3.63, 3.8) is 0 Å². The van der Waals surface area contributed by atoms with Gasteiger partial charge in [-0.15, -0.1) is 0 Å². The molecule has 0 aliphatic heterocycles. The predicted molar refractivity (Wildman–Crippen MR) is 188 cm³/mol. The molecule has 0 radical (unpaired) electrons. The molecule has 47 heavy (non-hydrogen) atoms. The van der Waals surface area contributed by atoms with Gasteiger partial charge in [0.15, 0.2) is 0 Å². The van der Waals surface area contributed by atoms with E-state index < -0.39 is 28.5 Å². The summed E-state index contributed by atoms with van der Waals surface area (Å²) in [5.41, 5.74) is 4.71. The van der Waals surface area contributed by atoms with Gasteiger partial charge in [0.1, 0.15) is 12.6 Å². The van der Waals surface area contributed by atoms with Crippen LogP contribution in [0.25, 0.3) is 0 Å². The van der Waals surface area contributed by atoms with Crippen LogP contribution in [0.15, 0.2) is 102 Å².